The molecule has 1 unspecified atom stereocenters. The Balaban J connectivity index is 1.71. The molecule has 0 heterocycles. The second kappa shape index (κ2) is 5.28. The Hall–Kier alpha value is -0.450. The molecule has 0 aromatic rings. The van der Waals surface area contributed by atoms with Crippen molar-refractivity contribution in [1.29, 1.82) is 0 Å². The quantitative estimate of drug-likeness (QED) is 0.677. The summed E-state index contributed by atoms with van der Waals surface area (Å²) in [5.41, 5.74) is -0.126. The van der Waals surface area contributed by atoms with Crippen molar-refractivity contribution in [2.75, 3.05) is 6.61 Å². The van der Waals surface area contributed by atoms with Crippen LogP contribution in [-0.2, 0) is 4.79 Å². The van der Waals surface area contributed by atoms with E-state index in [4.69, 9.17) is 0 Å². The van der Waals surface area contributed by atoms with E-state index in [1.807, 2.05) is 0 Å². The van der Waals surface area contributed by atoms with E-state index >= 15 is 0 Å². The molecule has 0 amide bonds. The Kier molecular flexibility index (Phi) is 3.73. The summed E-state index contributed by atoms with van der Waals surface area (Å²) in [6.07, 6.45) is 6.34. The van der Waals surface area contributed by atoms with Gasteiger partial charge in [0.25, 0.3) is 0 Å². The molecule has 4 aliphatic rings. The van der Waals surface area contributed by atoms with E-state index in [1.165, 1.54) is 0 Å². The number of carbonyl (C=O) groups excluding carboxylic acids is 1. The number of hydrogen-bond acceptors (Lipinski definition) is 4. The van der Waals surface area contributed by atoms with Crippen molar-refractivity contribution in [3.05, 3.63) is 0 Å². The van der Waals surface area contributed by atoms with E-state index in [-0.39, 0.29) is 28.8 Å². The van der Waals surface area contributed by atoms with Crippen molar-refractivity contribution in [2.24, 2.45) is 39.9 Å². The number of ketones is 1. The molecule has 0 saturated heterocycles. The summed E-state index contributed by atoms with van der Waals surface area (Å²) in [7, 11) is 0. The Bertz CT molecular complexity index is 546. The van der Waals surface area contributed by atoms with Gasteiger partial charge in [-0.25, -0.2) is 0 Å². The summed E-state index contributed by atoms with van der Waals surface area (Å²) in [4.78, 5) is 12.6. The van der Waals surface area contributed by atoms with Crippen LogP contribution in [0.2, 0.25) is 0 Å². The van der Waals surface area contributed by atoms with Gasteiger partial charge < -0.3 is 15.3 Å². The first-order valence-electron chi connectivity index (χ1n) is 9.73. The van der Waals surface area contributed by atoms with Gasteiger partial charge >= 0.3 is 0 Å². The van der Waals surface area contributed by atoms with Gasteiger partial charge in [-0.15, -0.1) is 0 Å². The molecule has 0 aromatic heterocycles. The lowest BCUT2D eigenvalue weighted by Crippen LogP contribution is -2.59. The molecule has 3 N–H and O–H groups in total. The normalized spacial score (nSPS) is 53.8. The van der Waals surface area contributed by atoms with Crippen LogP contribution in [0, 0.1) is 39.9 Å². The van der Waals surface area contributed by atoms with Crippen LogP contribution in [0.1, 0.15) is 65.2 Å². The highest BCUT2D eigenvalue weighted by Gasteiger charge is 2.66. The largest absolute Gasteiger partial charge is 0.396 e. The Morgan fingerprint density at radius 1 is 1.08 bits per heavy atom. The van der Waals surface area contributed by atoms with Crippen molar-refractivity contribution in [2.45, 2.75) is 71.5 Å². The molecule has 2 bridgehead atoms. The topological polar surface area (TPSA) is 77.8 Å². The van der Waals surface area contributed by atoms with Gasteiger partial charge in [-0.05, 0) is 67.1 Å². The van der Waals surface area contributed by atoms with E-state index in [0.29, 0.717) is 36.4 Å². The van der Waals surface area contributed by atoms with Gasteiger partial charge in [0.05, 0.1) is 0 Å². The number of hydrogen-bond donors (Lipinski definition) is 3. The summed E-state index contributed by atoms with van der Waals surface area (Å²) in [6.45, 7) is 4.50. The summed E-state index contributed by atoms with van der Waals surface area (Å²) < 4.78 is 0. The minimum Gasteiger partial charge on any atom is -0.396 e. The van der Waals surface area contributed by atoms with Crippen LogP contribution in [0.4, 0.5) is 0 Å². The molecular weight excluding hydrogens is 304 g/mol. The summed E-state index contributed by atoms with van der Waals surface area (Å²) in [5.74, 6) is 1.64. The first-order chi connectivity index (χ1) is 11.2. The number of fused-ring (bicyclic) bond motifs is 3. The van der Waals surface area contributed by atoms with Gasteiger partial charge in [0.1, 0.15) is 5.78 Å². The van der Waals surface area contributed by atoms with Crippen molar-refractivity contribution < 1.29 is 20.1 Å². The fourth-order valence-corrected chi connectivity index (χ4v) is 8.06. The fourth-order valence-electron chi connectivity index (χ4n) is 8.06. The summed E-state index contributed by atoms with van der Waals surface area (Å²) in [6, 6.07) is 0. The molecule has 24 heavy (non-hydrogen) atoms. The lowest BCUT2D eigenvalue weighted by Gasteiger charge is -2.63. The Labute approximate surface area is 144 Å². The van der Waals surface area contributed by atoms with Gasteiger partial charge in [-0.3, -0.25) is 4.79 Å². The highest BCUT2D eigenvalue weighted by Crippen LogP contribution is 2.72. The number of Topliss-reactive ketones (excluding diaryl/α,β-unsaturated/α-hetero) is 1. The van der Waals surface area contributed by atoms with Crippen LogP contribution in [0.3, 0.4) is 0 Å². The molecule has 136 valence electrons. The number of aliphatic hydroxyl groups is 3. The van der Waals surface area contributed by atoms with E-state index in [2.05, 4.69) is 13.8 Å². The maximum Gasteiger partial charge on any atom is 0.154 e. The molecule has 0 radical (unpaired) electrons. The second-order valence-corrected chi connectivity index (χ2v) is 10.0. The molecule has 4 heteroatoms. The molecule has 1 spiro atoms. The average Bonchev–Trinajstić information content (AvgIpc) is 2.77. The third kappa shape index (κ3) is 2.12. The van der Waals surface area contributed by atoms with Crippen LogP contribution in [0.5, 0.6) is 0 Å². The van der Waals surface area contributed by atoms with Crippen LogP contribution < -0.4 is 0 Å². The molecule has 4 rings (SSSR count). The number of aliphatic hydroxyl groups excluding tert-OH is 2. The summed E-state index contributed by atoms with van der Waals surface area (Å²) >= 11 is 0. The van der Waals surface area contributed by atoms with Gasteiger partial charge in [0.2, 0.25) is 0 Å². The van der Waals surface area contributed by atoms with E-state index in [9.17, 15) is 20.1 Å². The zero-order chi connectivity index (χ0) is 17.3. The Morgan fingerprint density at radius 3 is 2.50 bits per heavy atom. The van der Waals surface area contributed by atoms with Gasteiger partial charge in [0, 0.05) is 30.8 Å². The second-order valence-electron chi connectivity index (χ2n) is 10.0. The predicted molar refractivity (Wildman–Crippen MR) is 89.9 cm³/mol. The Morgan fingerprint density at radius 2 is 1.83 bits per heavy atom. The third-order valence-electron chi connectivity index (χ3n) is 8.77. The maximum atomic E-state index is 12.6. The molecule has 4 fully saturated rings. The lowest BCUT2D eigenvalue weighted by molar-refractivity contribution is -0.170. The van der Waals surface area contributed by atoms with E-state index in [1.54, 1.807) is 0 Å². The fraction of sp³-hybridized carbons (Fsp3) is 0.950. The zero-order valence-electron chi connectivity index (χ0n) is 15.0. The van der Waals surface area contributed by atoms with Crippen LogP contribution in [0.15, 0.2) is 0 Å². The number of carbonyl (C=O) groups is 1. The summed E-state index contributed by atoms with van der Waals surface area (Å²) in [5, 5.41) is 29.7. The highest BCUT2D eigenvalue weighted by atomic mass is 16.5. The SMILES string of the molecule is CC1(CO)CC(=O)C[C@]2(C)[C@@H]1CC[C@@]13C[C@H](CC[C@H]12)[C@H](C(O)O)C3. The molecule has 4 saturated carbocycles. The van der Waals surface area contributed by atoms with E-state index in [0.717, 1.165) is 38.5 Å². The van der Waals surface area contributed by atoms with Gasteiger partial charge in [-0.1, -0.05) is 13.8 Å². The van der Waals surface area contributed by atoms with Crippen molar-refractivity contribution in [1.82, 2.24) is 0 Å². The standard InChI is InChI=1S/C20H32O4/c1-18(11-21)8-13(22)9-19(2)15(18)5-6-20-7-12(3-4-16(19)20)14(10-20)17(23)24/h12,14-17,21,23-24H,3-11H2,1-2H3/t12-,14+,15+,16-,18?,19+,20-/m0/s1. The predicted octanol–water partition coefficient (Wildman–Crippen LogP) is 2.50. The highest BCUT2D eigenvalue weighted by molar-refractivity contribution is 5.81. The van der Waals surface area contributed by atoms with E-state index < -0.39 is 6.29 Å². The molecule has 7 atom stereocenters. The van der Waals surface area contributed by atoms with Crippen molar-refractivity contribution >= 4 is 5.78 Å². The molecule has 4 nitrogen and oxygen atoms in total. The maximum absolute atomic E-state index is 12.6. The lowest BCUT2D eigenvalue weighted by atomic mass is 9.41. The molecule has 0 aliphatic heterocycles. The first kappa shape index (κ1) is 17.0. The van der Waals surface area contributed by atoms with Gasteiger partial charge in [-0.2, -0.15) is 0 Å². The third-order valence-corrected chi connectivity index (χ3v) is 8.77. The smallest absolute Gasteiger partial charge is 0.154 e. The molecule has 0 aromatic carbocycles. The minimum atomic E-state index is -1.20. The van der Waals surface area contributed by atoms with Gasteiger partial charge in [0.15, 0.2) is 6.29 Å². The van der Waals surface area contributed by atoms with Crippen LogP contribution in [0.25, 0.3) is 0 Å². The average molecular weight is 336 g/mol. The monoisotopic (exact) mass is 336 g/mol. The van der Waals surface area contributed by atoms with Crippen LogP contribution in [-0.4, -0.2) is 34.0 Å². The van der Waals surface area contributed by atoms with Crippen molar-refractivity contribution in [3.63, 3.8) is 0 Å². The zero-order valence-corrected chi connectivity index (χ0v) is 15.0. The minimum absolute atomic E-state index is 0.0127. The number of rotatable bonds is 2. The molecule has 4 aliphatic carbocycles. The first-order valence-corrected chi connectivity index (χ1v) is 9.73. The molecular formula is C20H32O4. The van der Waals surface area contributed by atoms with Crippen LogP contribution >= 0.6 is 0 Å². The van der Waals surface area contributed by atoms with Crippen molar-refractivity contribution in [3.8, 4) is 0 Å².